The van der Waals surface area contributed by atoms with Crippen LogP contribution in [0.15, 0.2) is 12.2 Å². The van der Waals surface area contributed by atoms with Crippen LogP contribution in [0, 0.1) is 0 Å². The molecular weight excluding hydrogens is 815 g/mol. The molecule has 0 aromatic carbocycles. The molecule has 0 bridgehead atoms. The smallest absolute Gasteiger partial charge is 0.220 e. The first-order valence-electron chi connectivity index (χ1n) is 28.4. The van der Waals surface area contributed by atoms with Gasteiger partial charge in [0, 0.05) is 6.42 Å². The Morgan fingerprint density at radius 1 is 0.508 bits per heavy atom. The fourth-order valence-electron chi connectivity index (χ4n) is 9.34. The molecule has 1 rings (SSSR count). The van der Waals surface area contributed by atoms with Gasteiger partial charge in [0.25, 0.3) is 0 Å². The van der Waals surface area contributed by atoms with Crippen LogP contribution < -0.4 is 5.32 Å². The molecule has 1 aliphatic heterocycles. The van der Waals surface area contributed by atoms with Gasteiger partial charge in [0.05, 0.1) is 25.4 Å². The summed E-state index contributed by atoms with van der Waals surface area (Å²) < 4.78 is 11.2. The van der Waals surface area contributed by atoms with Crippen LogP contribution >= 0.6 is 0 Å². The zero-order valence-corrected chi connectivity index (χ0v) is 42.8. The van der Waals surface area contributed by atoms with Gasteiger partial charge in [-0.2, -0.15) is 0 Å². The van der Waals surface area contributed by atoms with Gasteiger partial charge in [0.15, 0.2) is 6.29 Å². The van der Waals surface area contributed by atoms with E-state index in [0.717, 1.165) is 38.5 Å². The molecule has 0 saturated carbocycles. The molecule has 0 aliphatic carbocycles. The largest absolute Gasteiger partial charge is 0.394 e. The van der Waals surface area contributed by atoms with Gasteiger partial charge in [0.2, 0.25) is 5.91 Å². The van der Waals surface area contributed by atoms with Crippen molar-refractivity contribution in [2.75, 3.05) is 13.2 Å². The number of aliphatic hydroxyl groups excluding tert-OH is 5. The van der Waals surface area contributed by atoms with Crippen molar-refractivity contribution >= 4 is 5.91 Å². The topological polar surface area (TPSA) is 149 Å². The van der Waals surface area contributed by atoms with Gasteiger partial charge in [-0.05, 0) is 19.3 Å². The summed E-state index contributed by atoms with van der Waals surface area (Å²) in [5, 5.41) is 54.3. The summed E-state index contributed by atoms with van der Waals surface area (Å²) in [6.45, 7) is 3.79. The number of ether oxygens (including phenoxy) is 2. The molecule has 6 N–H and O–H groups in total. The lowest BCUT2D eigenvalue weighted by atomic mass is 9.99. The maximum Gasteiger partial charge on any atom is 0.220 e. The average Bonchev–Trinajstić information content (AvgIpc) is 3.31. The van der Waals surface area contributed by atoms with Crippen LogP contribution in [0.25, 0.3) is 0 Å². The Morgan fingerprint density at radius 2 is 0.846 bits per heavy atom. The van der Waals surface area contributed by atoms with Crippen molar-refractivity contribution in [2.24, 2.45) is 0 Å². The minimum Gasteiger partial charge on any atom is -0.394 e. The molecule has 0 radical (unpaired) electrons. The van der Waals surface area contributed by atoms with E-state index in [1.165, 1.54) is 225 Å². The average molecular weight is 924 g/mol. The highest BCUT2D eigenvalue weighted by Crippen LogP contribution is 2.23. The summed E-state index contributed by atoms with van der Waals surface area (Å²) in [6.07, 6.45) is 50.2. The summed E-state index contributed by atoms with van der Waals surface area (Å²) in [4.78, 5) is 13.0. The Kier molecular flexibility index (Phi) is 44.5. The second-order valence-corrected chi connectivity index (χ2v) is 20.1. The molecule has 1 heterocycles. The van der Waals surface area contributed by atoms with Crippen LogP contribution in [0.5, 0.6) is 0 Å². The van der Waals surface area contributed by atoms with E-state index in [4.69, 9.17) is 9.47 Å². The summed E-state index contributed by atoms with van der Waals surface area (Å²) in [7, 11) is 0. The summed E-state index contributed by atoms with van der Waals surface area (Å²) in [6, 6.07) is -0.798. The molecule has 1 saturated heterocycles. The van der Waals surface area contributed by atoms with Gasteiger partial charge >= 0.3 is 0 Å². The van der Waals surface area contributed by atoms with Crippen molar-refractivity contribution in [3.63, 3.8) is 0 Å². The monoisotopic (exact) mass is 924 g/mol. The predicted molar refractivity (Wildman–Crippen MR) is 272 cm³/mol. The van der Waals surface area contributed by atoms with Crippen molar-refractivity contribution in [3.8, 4) is 0 Å². The minimum absolute atomic E-state index is 0.172. The summed E-state index contributed by atoms with van der Waals surface area (Å²) in [5.41, 5.74) is 0. The minimum atomic E-state index is -1.56. The van der Waals surface area contributed by atoms with Crippen LogP contribution in [0.3, 0.4) is 0 Å². The van der Waals surface area contributed by atoms with Crippen LogP contribution in [0.4, 0.5) is 0 Å². The maximum atomic E-state index is 13.0. The first-order chi connectivity index (χ1) is 31.8. The lowest BCUT2D eigenvalue weighted by molar-refractivity contribution is -0.302. The number of carbonyl (C=O) groups excluding carboxylic acids is 1. The van der Waals surface area contributed by atoms with Gasteiger partial charge in [0.1, 0.15) is 24.4 Å². The van der Waals surface area contributed by atoms with Crippen LogP contribution in [0.1, 0.15) is 284 Å². The molecule has 65 heavy (non-hydrogen) atoms. The number of allylic oxidation sites excluding steroid dienone is 1. The molecule has 1 amide bonds. The van der Waals surface area contributed by atoms with Crippen LogP contribution in [-0.2, 0) is 14.3 Å². The highest BCUT2D eigenvalue weighted by atomic mass is 16.7. The third-order valence-electron chi connectivity index (χ3n) is 13.9. The lowest BCUT2D eigenvalue weighted by Crippen LogP contribution is -2.60. The van der Waals surface area contributed by atoms with Gasteiger partial charge in [-0.15, -0.1) is 0 Å². The van der Waals surface area contributed by atoms with Crippen molar-refractivity contribution in [3.05, 3.63) is 12.2 Å². The van der Waals surface area contributed by atoms with Crippen LogP contribution in [0.2, 0.25) is 0 Å². The number of hydrogen-bond acceptors (Lipinski definition) is 8. The Hall–Kier alpha value is -1.07. The predicted octanol–water partition coefficient (Wildman–Crippen LogP) is 13.6. The second-order valence-electron chi connectivity index (χ2n) is 20.1. The van der Waals surface area contributed by atoms with E-state index in [1.54, 1.807) is 6.08 Å². The first-order valence-corrected chi connectivity index (χ1v) is 28.4. The fraction of sp³-hybridized carbons (Fsp3) is 0.946. The third-order valence-corrected chi connectivity index (χ3v) is 13.9. The normalized spacial score (nSPS) is 19.9. The zero-order chi connectivity index (χ0) is 47.3. The van der Waals surface area contributed by atoms with Gasteiger partial charge in [-0.1, -0.05) is 270 Å². The zero-order valence-electron chi connectivity index (χ0n) is 42.8. The van der Waals surface area contributed by atoms with Gasteiger partial charge in [-0.25, -0.2) is 0 Å². The van der Waals surface area contributed by atoms with Crippen molar-refractivity contribution in [1.82, 2.24) is 5.32 Å². The van der Waals surface area contributed by atoms with Crippen LogP contribution in [-0.4, -0.2) is 87.5 Å². The van der Waals surface area contributed by atoms with E-state index < -0.39 is 49.5 Å². The first kappa shape index (κ1) is 61.9. The maximum absolute atomic E-state index is 13.0. The molecule has 9 nitrogen and oxygen atoms in total. The van der Waals surface area contributed by atoms with Gasteiger partial charge in [-0.3, -0.25) is 4.79 Å². The number of hydrogen-bond donors (Lipinski definition) is 6. The van der Waals surface area contributed by atoms with E-state index >= 15 is 0 Å². The standard InChI is InChI=1S/C56H109NO8/c1-3-5-7-9-11-13-15-16-17-18-19-20-21-22-23-24-25-26-27-28-29-30-31-32-33-34-36-38-40-42-44-46-52(60)57-49(48-64-56-55(63)54(62)53(61)51(47-58)65-56)50(59)45-43-41-39-37-35-14-12-10-8-6-4-2/h43,45,49-51,53-56,58-59,61-63H,3-42,44,46-48H2,1-2H3,(H,57,60)/b45-43+/t49-,50+,51+,53+,54?,55?,56+/m0/s1. The Morgan fingerprint density at radius 3 is 1.20 bits per heavy atom. The highest BCUT2D eigenvalue weighted by molar-refractivity contribution is 5.76. The van der Waals surface area contributed by atoms with Crippen molar-refractivity contribution in [2.45, 2.75) is 326 Å². The third kappa shape index (κ3) is 36.6. The number of carbonyl (C=O) groups is 1. The summed E-state index contributed by atoms with van der Waals surface area (Å²) in [5.74, 6) is -0.172. The fourth-order valence-corrected chi connectivity index (χ4v) is 9.34. The molecule has 7 atom stereocenters. The Labute approximate surface area is 401 Å². The Balaban J connectivity index is 2.09. The second kappa shape index (κ2) is 46.6. The number of nitrogens with one attached hydrogen (secondary N) is 1. The van der Waals surface area contributed by atoms with Crippen molar-refractivity contribution < 1.29 is 39.8 Å². The molecule has 2 unspecified atom stereocenters. The molecular formula is C56H109NO8. The molecule has 0 spiro atoms. The molecule has 386 valence electrons. The Bertz CT molecular complexity index is 1030. The van der Waals surface area contributed by atoms with E-state index in [1.807, 2.05) is 6.08 Å². The number of unbranched alkanes of at least 4 members (excludes halogenated alkanes) is 39. The summed E-state index contributed by atoms with van der Waals surface area (Å²) >= 11 is 0. The van der Waals surface area contributed by atoms with Crippen molar-refractivity contribution in [1.29, 1.82) is 0 Å². The quantitative estimate of drug-likeness (QED) is 0.0261. The molecule has 1 fully saturated rings. The van der Waals surface area contributed by atoms with E-state index in [0.29, 0.717) is 6.42 Å². The highest BCUT2D eigenvalue weighted by Gasteiger charge is 2.44. The van der Waals surface area contributed by atoms with Gasteiger partial charge < -0.3 is 40.3 Å². The SMILES string of the molecule is CCCCCCCCCCC/C=C/[C@@H](O)[C@H](CO[C@@H]1O[C@H](CO)[C@@H](O)C(O)C1O)NC(=O)CCCCCCCCCCCCCCCCCCCCCCCCCCCCCCCCC. The van der Waals surface area contributed by atoms with E-state index in [-0.39, 0.29) is 12.5 Å². The molecule has 9 heteroatoms. The van der Waals surface area contributed by atoms with E-state index in [2.05, 4.69) is 19.2 Å². The molecule has 0 aromatic rings. The number of rotatable bonds is 49. The number of aliphatic hydroxyl groups is 5. The molecule has 0 aromatic heterocycles. The number of amides is 1. The van der Waals surface area contributed by atoms with E-state index in [9.17, 15) is 30.3 Å². The molecule has 1 aliphatic rings. The lowest BCUT2D eigenvalue weighted by Gasteiger charge is -2.40.